The molecule has 1 aliphatic rings. The molecule has 0 unspecified atom stereocenters. The number of nitro groups is 2. The summed E-state index contributed by atoms with van der Waals surface area (Å²) in [6.45, 7) is 2.06. The van der Waals surface area contributed by atoms with Crippen LogP contribution in [-0.2, 0) is 0 Å². The Balaban J connectivity index is 1.49. The van der Waals surface area contributed by atoms with Crippen molar-refractivity contribution in [2.24, 2.45) is 0 Å². The van der Waals surface area contributed by atoms with Gasteiger partial charge in [-0.25, -0.2) is 15.0 Å². The molecule has 0 spiro atoms. The molecule has 1 amide bonds. The number of pyridine rings is 1. The Morgan fingerprint density at radius 1 is 0.971 bits per heavy atom. The van der Waals surface area contributed by atoms with Crippen LogP contribution in [0.3, 0.4) is 0 Å². The number of carbonyl (C=O) groups is 1. The summed E-state index contributed by atoms with van der Waals surface area (Å²) in [7, 11) is 0. The molecule has 0 bridgehead atoms. The number of anilines is 3. The first-order chi connectivity index (χ1) is 16.8. The summed E-state index contributed by atoms with van der Waals surface area (Å²) in [5.41, 5.74) is 3.77. The Bertz CT molecular complexity index is 1270. The van der Waals surface area contributed by atoms with Crippen LogP contribution in [0.15, 0.2) is 48.9 Å². The van der Waals surface area contributed by atoms with Crippen LogP contribution in [0.25, 0.3) is 0 Å². The van der Waals surface area contributed by atoms with Crippen molar-refractivity contribution < 1.29 is 14.6 Å². The minimum Gasteiger partial charge on any atom is -0.353 e. The van der Waals surface area contributed by atoms with Crippen molar-refractivity contribution >= 4 is 46.3 Å². The van der Waals surface area contributed by atoms with Gasteiger partial charge in [0.15, 0.2) is 0 Å². The largest absolute Gasteiger partial charge is 0.355 e. The SMILES string of the molecule is O=C(NNc1ncnc(N2CCN(c3ccccn3)CC2)c1[N+](=O)[O-])c1ccc(Cl)c([N+](=O)[O-])c1. The van der Waals surface area contributed by atoms with Crippen molar-refractivity contribution in [2.75, 3.05) is 41.4 Å². The van der Waals surface area contributed by atoms with E-state index in [4.69, 9.17) is 11.6 Å². The van der Waals surface area contributed by atoms with Crippen LogP contribution in [-0.4, -0.2) is 56.9 Å². The van der Waals surface area contributed by atoms with Gasteiger partial charge in [-0.3, -0.25) is 35.9 Å². The van der Waals surface area contributed by atoms with Gasteiger partial charge in [0.05, 0.1) is 9.85 Å². The molecule has 180 valence electrons. The first-order valence-corrected chi connectivity index (χ1v) is 10.6. The fraction of sp³-hybridized carbons (Fsp3) is 0.200. The number of rotatable bonds is 7. The molecule has 1 aliphatic heterocycles. The van der Waals surface area contributed by atoms with Crippen LogP contribution >= 0.6 is 11.6 Å². The molecule has 0 radical (unpaired) electrons. The Labute approximate surface area is 202 Å². The highest BCUT2D eigenvalue weighted by Gasteiger charge is 2.30. The zero-order chi connectivity index (χ0) is 24.9. The average Bonchev–Trinajstić information content (AvgIpc) is 2.87. The summed E-state index contributed by atoms with van der Waals surface area (Å²) in [6, 6.07) is 9.10. The van der Waals surface area contributed by atoms with Crippen LogP contribution in [0.2, 0.25) is 5.02 Å². The number of hydrazine groups is 1. The molecule has 1 saturated heterocycles. The smallest absolute Gasteiger partial charge is 0.353 e. The summed E-state index contributed by atoms with van der Waals surface area (Å²) < 4.78 is 0. The Morgan fingerprint density at radius 3 is 2.37 bits per heavy atom. The zero-order valence-corrected chi connectivity index (χ0v) is 18.8. The molecule has 2 N–H and O–H groups in total. The monoisotopic (exact) mass is 499 g/mol. The lowest BCUT2D eigenvalue weighted by molar-refractivity contribution is -0.384. The van der Waals surface area contributed by atoms with Crippen molar-refractivity contribution in [3.8, 4) is 0 Å². The van der Waals surface area contributed by atoms with Gasteiger partial charge in [0.1, 0.15) is 17.2 Å². The number of nitrogens with one attached hydrogen (secondary N) is 2. The highest BCUT2D eigenvalue weighted by Crippen LogP contribution is 2.32. The Kier molecular flexibility index (Phi) is 6.82. The highest BCUT2D eigenvalue weighted by molar-refractivity contribution is 6.32. The van der Waals surface area contributed by atoms with Crippen LogP contribution < -0.4 is 20.7 Å². The molecule has 0 aliphatic carbocycles. The van der Waals surface area contributed by atoms with E-state index >= 15 is 0 Å². The lowest BCUT2D eigenvalue weighted by Gasteiger charge is -2.35. The van der Waals surface area contributed by atoms with Crippen LogP contribution in [0, 0.1) is 20.2 Å². The first-order valence-electron chi connectivity index (χ1n) is 10.3. The van der Waals surface area contributed by atoms with Crippen molar-refractivity contribution in [3.05, 3.63) is 79.7 Å². The first kappa shape index (κ1) is 23.6. The maximum absolute atomic E-state index is 12.5. The lowest BCUT2D eigenvalue weighted by atomic mass is 10.2. The topological polar surface area (TPSA) is 173 Å². The van der Waals surface area contributed by atoms with Crippen molar-refractivity contribution in [3.63, 3.8) is 0 Å². The van der Waals surface area contributed by atoms with Crippen LogP contribution in [0.1, 0.15) is 10.4 Å². The number of aromatic nitrogens is 3. The van der Waals surface area contributed by atoms with E-state index in [-0.39, 0.29) is 22.2 Å². The van der Waals surface area contributed by atoms with E-state index in [9.17, 15) is 25.0 Å². The number of nitrogens with zero attached hydrogens (tertiary/aromatic N) is 7. The molecule has 14 nitrogen and oxygen atoms in total. The quantitative estimate of drug-likeness (QED) is 0.361. The number of piperazine rings is 1. The van der Waals surface area contributed by atoms with E-state index in [0.29, 0.717) is 26.2 Å². The average molecular weight is 500 g/mol. The second kappa shape index (κ2) is 10.1. The van der Waals surface area contributed by atoms with E-state index < -0.39 is 27.1 Å². The van der Waals surface area contributed by atoms with Gasteiger partial charge in [-0.15, -0.1) is 0 Å². The van der Waals surface area contributed by atoms with E-state index in [1.54, 1.807) is 11.1 Å². The molecule has 1 fully saturated rings. The van der Waals surface area contributed by atoms with E-state index in [1.807, 2.05) is 18.2 Å². The summed E-state index contributed by atoms with van der Waals surface area (Å²) in [4.78, 5) is 50.2. The van der Waals surface area contributed by atoms with Crippen LogP contribution in [0.4, 0.5) is 28.8 Å². The second-order valence-corrected chi connectivity index (χ2v) is 7.72. The molecule has 35 heavy (non-hydrogen) atoms. The third-order valence-corrected chi connectivity index (χ3v) is 5.56. The fourth-order valence-electron chi connectivity index (χ4n) is 3.53. The summed E-state index contributed by atoms with van der Waals surface area (Å²) >= 11 is 5.77. The third kappa shape index (κ3) is 5.16. The van der Waals surface area contributed by atoms with Gasteiger partial charge >= 0.3 is 5.69 Å². The summed E-state index contributed by atoms with van der Waals surface area (Å²) in [5.74, 6) is -0.0893. The van der Waals surface area contributed by atoms with Crippen molar-refractivity contribution in [1.82, 2.24) is 20.4 Å². The lowest BCUT2D eigenvalue weighted by Crippen LogP contribution is -2.47. The molecular weight excluding hydrogens is 482 g/mol. The predicted molar refractivity (Wildman–Crippen MR) is 127 cm³/mol. The molecule has 2 aromatic heterocycles. The van der Waals surface area contributed by atoms with Gasteiger partial charge in [-0.1, -0.05) is 17.7 Å². The standard InChI is InChI=1S/C20H18ClN9O5/c21-14-5-4-13(11-15(14)29(32)33)20(31)26-25-18-17(30(34)35)19(24-12-23-18)28-9-7-27(8-10-28)16-3-1-2-6-22-16/h1-6,11-12H,7-10H2,(H,26,31)(H,23,24,25). The number of hydrogen-bond acceptors (Lipinski definition) is 11. The summed E-state index contributed by atoms with van der Waals surface area (Å²) in [5, 5.41) is 22.8. The second-order valence-electron chi connectivity index (χ2n) is 7.32. The Morgan fingerprint density at radius 2 is 1.71 bits per heavy atom. The number of carbonyl (C=O) groups excluding carboxylic acids is 1. The molecule has 4 rings (SSSR count). The number of hydrogen-bond donors (Lipinski definition) is 2. The van der Waals surface area contributed by atoms with Gasteiger partial charge in [0.2, 0.25) is 11.6 Å². The van der Waals surface area contributed by atoms with Gasteiger partial charge < -0.3 is 9.80 Å². The third-order valence-electron chi connectivity index (χ3n) is 5.24. The van der Waals surface area contributed by atoms with E-state index in [0.717, 1.165) is 18.2 Å². The number of amides is 1. The maximum Gasteiger partial charge on any atom is 0.355 e. The minimum atomic E-state index is -0.775. The molecule has 0 atom stereocenters. The van der Waals surface area contributed by atoms with Gasteiger partial charge in [0, 0.05) is 44.0 Å². The molecule has 1 aromatic carbocycles. The molecular formula is C20H18ClN9O5. The minimum absolute atomic E-state index is 0.0730. The van der Waals surface area contributed by atoms with Gasteiger partial charge in [0.25, 0.3) is 11.6 Å². The van der Waals surface area contributed by atoms with E-state index in [2.05, 4.69) is 30.7 Å². The molecule has 3 aromatic rings. The van der Waals surface area contributed by atoms with Crippen molar-refractivity contribution in [2.45, 2.75) is 0 Å². The molecule has 0 saturated carbocycles. The van der Waals surface area contributed by atoms with Crippen molar-refractivity contribution in [1.29, 1.82) is 0 Å². The zero-order valence-electron chi connectivity index (χ0n) is 18.0. The van der Waals surface area contributed by atoms with Crippen LogP contribution in [0.5, 0.6) is 0 Å². The summed E-state index contributed by atoms with van der Waals surface area (Å²) in [6.07, 6.45) is 2.85. The normalized spacial score (nSPS) is 13.3. The molecule has 3 heterocycles. The molecule has 15 heteroatoms. The van der Waals surface area contributed by atoms with E-state index in [1.165, 1.54) is 12.1 Å². The van der Waals surface area contributed by atoms with Gasteiger partial charge in [-0.2, -0.15) is 0 Å². The van der Waals surface area contributed by atoms with Gasteiger partial charge in [-0.05, 0) is 24.3 Å². The predicted octanol–water partition coefficient (Wildman–Crippen LogP) is 2.42. The number of benzene rings is 1. The maximum atomic E-state index is 12.5. The highest BCUT2D eigenvalue weighted by atomic mass is 35.5. The fourth-order valence-corrected chi connectivity index (χ4v) is 3.72. The Hall–Kier alpha value is -4.59. The number of nitro benzene ring substituents is 1. The number of halogens is 1.